The summed E-state index contributed by atoms with van der Waals surface area (Å²) in [6.07, 6.45) is -0.316. The molecule has 4 nitrogen and oxygen atoms in total. The third kappa shape index (κ3) is 2.04. The van der Waals surface area contributed by atoms with Gasteiger partial charge in [0.25, 0.3) is 10.0 Å². The Balaban J connectivity index is 1.73. The lowest BCUT2D eigenvalue weighted by Crippen LogP contribution is -2.32. The summed E-state index contributed by atoms with van der Waals surface area (Å²) in [6.45, 7) is 1.94. The fourth-order valence-electron chi connectivity index (χ4n) is 3.86. The van der Waals surface area contributed by atoms with E-state index in [4.69, 9.17) is 4.74 Å². The number of fused-ring (bicyclic) bond motifs is 5. The summed E-state index contributed by atoms with van der Waals surface area (Å²) in [5, 5.41) is 0. The first-order valence-electron chi connectivity index (χ1n) is 8.53. The zero-order valence-corrected chi connectivity index (χ0v) is 15.0. The van der Waals surface area contributed by atoms with Gasteiger partial charge in [-0.05, 0) is 31.2 Å². The molecular formula is C21H17NO3S. The van der Waals surface area contributed by atoms with Crippen molar-refractivity contribution in [2.45, 2.75) is 24.0 Å². The molecule has 0 spiro atoms. The highest BCUT2D eigenvalue weighted by Crippen LogP contribution is 2.57. The van der Waals surface area contributed by atoms with E-state index < -0.39 is 10.0 Å². The number of hydrogen-bond donors (Lipinski definition) is 0. The fraction of sp³-hybridized carbons (Fsp3) is 0.143. The maximum Gasteiger partial charge on any atom is 0.265 e. The van der Waals surface area contributed by atoms with E-state index >= 15 is 0 Å². The van der Waals surface area contributed by atoms with Crippen LogP contribution in [0.15, 0.2) is 77.7 Å². The standard InChI is InChI=1S/C21H17NO3S/c1-14-10-12-15(13-11-14)26(23,24)22-18-8-4-2-6-16(18)21-20(22)17-7-3-5-9-19(17)25-21/h2-13,20-21H,1H3/t20?,21-/m0/s1. The van der Waals surface area contributed by atoms with Crippen molar-refractivity contribution in [2.24, 2.45) is 0 Å². The molecule has 0 saturated carbocycles. The van der Waals surface area contributed by atoms with E-state index in [0.717, 1.165) is 22.4 Å². The molecule has 2 aliphatic rings. The molecule has 0 radical (unpaired) electrons. The number of ether oxygens (including phenoxy) is 1. The van der Waals surface area contributed by atoms with E-state index in [9.17, 15) is 8.42 Å². The molecule has 0 aliphatic carbocycles. The second-order valence-corrected chi connectivity index (χ2v) is 8.51. The van der Waals surface area contributed by atoms with Crippen LogP contribution in [0.1, 0.15) is 28.8 Å². The molecular weight excluding hydrogens is 346 g/mol. The highest BCUT2D eigenvalue weighted by atomic mass is 32.2. The molecule has 0 saturated heterocycles. The smallest absolute Gasteiger partial charge is 0.265 e. The van der Waals surface area contributed by atoms with E-state index in [0.29, 0.717) is 10.6 Å². The molecule has 130 valence electrons. The normalized spacial score (nSPS) is 20.3. The lowest BCUT2D eigenvalue weighted by atomic mass is 10.0. The minimum atomic E-state index is -3.71. The van der Waals surface area contributed by atoms with Crippen LogP contribution in [0.3, 0.4) is 0 Å². The van der Waals surface area contributed by atoms with Crippen LogP contribution in [-0.2, 0) is 10.0 Å². The average molecular weight is 363 g/mol. The maximum atomic E-state index is 13.5. The number of sulfonamides is 1. The van der Waals surface area contributed by atoms with E-state index in [1.54, 1.807) is 12.1 Å². The highest BCUT2D eigenvalue weighted by molar-refractivity contribution is 7.92. The molecule has 0 fully saturated rings. The van der Waals surface area contributed by atoms with Gasteiger partial charge in [-0.2, -0.15) is 0 Å². The van der Waals surface area contributed by atoms with Crippen LogP contribution >= 0.6 is 0 Å². The van der Waals surface area contributed by atoms with Crippen LogP contribution in [0, 0.1) is 6.92 Å². The van der Waals surface area contributed by atoms with Gasteiger partial charge in [0.15, 0.2) is 6.10 Å². The molecule has 0 bridgehead atoms. The zero-order valence-electron chi connectivity index (χ0n) is 14.2. The first-order chi connectivity index (χ1) is 12.6. The summed E-state index contributed by atoms with van der Waals surface area (Å²) in [5.41, 5.74) is 3.53. The second kappa shape index (κ2) is 5.35. The topological polar surface area (TPSA) is 46.6 Å². The predicted molar refractivity (Wildman–Crippen MR) is 99.8 cm³/mol. The van der Waals surface area contributed by atoms with E-state index in [1.165, 1.54) is 4.31 Å². The van der Waals surface area contributed by atoms with Gasteiger partial charge in [0.2, 0.25) is 0 Å². The minimum absolute atomic E-state index is 0.294. The number of anilines is 1. The Kier molecular flexibility index (Phi) is 3.18. The maximum absolute atomic E-state index is 13.5. The molecule has 0 amide bonds. The summed E-state index contributed by atoms with van der Waals surface area (Å²) in [7, 11) is -3.71. The Labute approximate surface area is 152 Å². The minimum Gasteiger partial charge on any atom is -0.483 e. The highest BCUT2D eigenvalue weighted by Gasteiger charge is 2.51. The van der Waals surface area contributed by atoms with E-state index in [-0.39, 0.29) is 12.1 Å². The summed E-state index contributed by atoms with van der Waals surface area (Å²) >= 11 is 0. The fourth-order valence-corrected chi connectivity index (χ4v) is 5.52. The monoisotopic (exact) mass is 363 g/mol. The first kappa shape index (κ1) is 15.5. The number of para-hydroxylation sites is 2. The van der Waals surface area contributed by atoms with Crippen molar-refractivity contribution in [3.05, 3.63) is 89.5 Å². The molecule has 2 heterocycles. The van der Waals surface area contributed by atoms with Gasteiger partial charge >= 0.3 is 0 Å². The number of benzene rings is 3. The van der Waals surface area contributed by atoms with Crippen molar-refractivity contribution in [3.63, 3.8) is 0 Å². The molecule has 3 aromatic carbocycles. The van der Waals surface area contributed by atoms with E-state index in [2.05, 4.69) is 0 Å². The Morgan fingerprint density at radius 3 is 2.27 bits per heavy atom. The zero-order chi connectivity index (χ0) is 17.9. The molecule has 0 aromatic heterocycles. The lowest BCUT2D eigenvalue weighted by Gasteiger charge is -2.26. The van der Waals surface area contributed by atoms with Crippen molar-refractivity contribution >= 4 is 15.7 Å². The SMILES string of the molecule is Cc1ccc(S(=O)(=O)N2c3ccccc3[C@@H]3Oc4ccccc4C32)cc1. The Morgan fingerprint density at radius 2 is 1.50 bits per heavy atom. The van der Waals surface area contributed by atoms with Crippen LogP contribution in [0.4, 0.5) is 5.69 Å². The number of rotatable bonds is 2. The van der Waals surface area contributed by atoms with Crippen LogP contribution in [0.25, 0.3) is 0 Å². The van der Waals surface area contributed by atoms with Gasteiger partial charge in [0.05, 0.1) is 10.6 Å². The van der Waals surface area contributed by atoms with Gasteiger partial charge in [-0.25, -0.2) is 8.42 Å². The average Bonchev–Trinajstić information content (AvgIpc) is 3.17. The molecule has 0 N–H and O–H groups in total. The van der Waals surface area contributed by atoms with Gasteiger partial charge in [-0.15, -0.1) is 0 Å². The molecule has 3 aromatic rings. The molecule has 5 rings (SSSR count). The number of nitrogens with zero attached hydrogens (tertiary/aromatic N) is 1. The summed E-state index contributed by atoms with van der Waals surface area (Å²) in [5.74, 6) is 0.751. The summed E-state index contributed by atoms with van der Waals surface area (Å²) in [4.78, 5) is 0.294. The largest absolute Gasteiger partial charge is 0.483 e. The first-order valence-corrected chi connectivity index (χ1v) is 9.97. The second-order valence-electron chi connectivity index (χ2n) is 6.69. The molecule has 2 aliphatic heterocycles. The van der Waals surface area contributed by atoms with Gasteiger partial charge in [-0.1, -0.05) is 54.1 Å². The van der Waals surface area contributed by atoms with Gasteiger partial charge in [-0.3, -0.25) is 4.31 Å². The quantitative estimate of drug-likeness (QED) is 0.679. The van der Waals surface area contributed by atoms with Crippen LogP contribution in [0.2, 0.25) is 0 Å². The van der Waals surface area contributed by atoms with Crippen molar-refractivity contribution < 1.29 is 13.2 Å². The lowest BCUT2D eigenvalue weighted by molar-refractivity contribution is 0.224. The molecule has 5 heteroatoms. The summed E-state index contributed by atoms with van der Waals surface area (Å²) in [6, 6.07) is 21.9. The molecule has 2 atom stereocenters. The molecule has 1 unspecified atom stereocenters. The van der Waals surface area contributed by atoms with Crippen LogP contribution in [0.5, 0.6) is 5.75 Å². The van der Waals surface area contributed by atoms with Crippen molar-refractivity contribution in [2.75, 3.05) is 4.31 Å². The van der Waals surface area contributed by atoms with Crippen molar-refractivity contribution in [1.82, 2.24) is 0 Å². The van der Waals surface area contributed by atoms with Gasteiger partial charge in [0, 0.05) is 11.1 Å². The van der Waals surface area contributed by atoms with Crippen LogP contribution < -0.4 is 9.04 Å². The van der Waals surface area contributed by atoms with Crippen molar-refractivity contribution in [1.29, 1.82) is 0 Å². The third-order valence-corrected chi connectivity index (χ3v) is 6.90. The Hall–Kier alpha value is -2.79. The predicted octanol–water partition coefficient (Wildman–Crippen LogP) is 4.38. The Bertz CT molecular complexity index is 1110. The summed E-state index contributed by atoms with van der Waals surface area (Å²) < 4.78 is 34.7. The Morgan fingerprint density at radius 1 is 0.846 bits per heavy atom. The van der Waals surface area contributed by atoms with E-state index in [1.807, 2.05) is 67.6 Å². The number of aryl methyl sites for hydroxylation is 1. The van der Waals surface area contributed by atoms with Gasteiger partial charge in [0.1, 0.15) is 11.8 Å². The molecule has 26 heavy (non-hydrogen) atoms. The van der Waals surface area contributed by atoms with Gasteiger partial charge < -0.3 is 4.74 Å². The van der Waals surface area contributed by atoms with Crippen molar-refractivity contribution in [3.8, 4) is 5.75 Å². The van der Waals surface area contributed by atoms with Crippen LogP contribution in [-0.4, -0.2) is 8.42 Å². The number of hydrogen-bond acceptors (Lipinski definition) is 3. The third-order valence-electron chi connectivity index (χ3n) is 5.09.